The molecule has 1 heterocycles. The largest absolute Gasteiger partial charge is 0.329 e. The fraction of sp³-hybridized carbons (Fsp3) is 0.647. The summed E-state index contributed by atoms with van der Waals surface area (Å²) in [5.74, 6) is 1.83. The average molecular weight is 256 g/mol. The Balaban J connectivity index is 1.63. The molecule has 4 rings (SSSR count). The monoisotopic (exact) mass is 256 g/mol. The van der Waals surface area contributed by atoms with Gasteiger partial charge in [-0.1, -0.05) is 30.7 Å². The standard InChI is InChI=1S/C17H24N2/c18-12-17(10-13-5-6-16(17)9-13)19-8-7-14-3-1-2-4-15(14)11-19/h1-4,13,16H,5-12,18H2. The van der Waals surface area contributed by atoms with E-state index in [1.54, 1.807) is 5.56 Å². The summed E-state index contributed by atoms with van der Waals surface area (Å²) in [7, 11) is 0. The summed E-state index contributed by atoms with van der Waals surface area (Å²) in [4.78, 5) is 2.74. The number of fused-ring (bicyclic) bond motifs is 3. The lowest BCUT2D eigenvalue weighted by molar-refractivity contribution is 0.0299. The summed E-state index contributed by atoms with van der Waals surface area (Å²) in [6, 6.07) is 8.95. The van der Waals surface area contributed by atoms with Crippen molar-refractivity contribution in [3.05, 3.63) is 35.4 Å². The van der Waals surface area contributed by atoms with Crippen molar-refractivity contribution in [3.63, 3.8) is 0 Å². The lowest BCUT2D eigenvalue weighted by Crippen LogP contribution is -2.58. The molecule has 2 fully saturated rings. The highest BCUT2D eigenvalue weighted by Crippen LogP contribution is 2.53. The summed E-state index contributed by atoms with van der Waals surface area (Å²) >= 11 is 0. The smallest absolute Gasteiger partial charge is 0.0366 e. The van der Waals surface area contributed by atoms with Crippen molar-refractivity contribution in [2.24, 2.45) is 17.6 Å². The molecule has 2 saturated carbocycles. The maximum Gasteiger partial charge on any atom is 0.0366 e. The number of nitrogens with two attached hydrogens (primary N) is 1. The van der Waals surface area contributed by atoms with E-state index in [-0.39, 0.29) is 0 Å². The molecular formula is C17H24N2. The predicted octanol–water partition coefficient (Wildman–Crippen LogP) is 2.56. The summed E-state index contributed by atoms with van der Waals surface area (Å²) in [6.07, 6.45) is 6.87. The third-order valence-electron chi connectivity index (χ3n) is 6.06. The van der Waals surface area contributed by atoms with Gasteiger partial charge in [-0.2, -0.15) is 0 Å². The highest BCUT2D eigenvalue weighted by molar-refractivity contribution is 5.30. The van der Waals surface area contributed by atoms with Crippen LogP contribution in [0.25, 0.3) is 0 Å². The van der Waals surface area contributed by atoms with E-state index in [0.717, 1.165) is 24.9 Å². The van der Waals surface area contributed by atoms with Gasteiger partial charge >= 0.3 is 0 Å². The molecular weight excluding hydrogens is 232 g/mol. The third kappa shape index (κ3) is 1.70. The van der Waals surface area contributed by atoms with Gasteiger partial charge in [-0.15, -0.1) is 0 Å². The van der Waals surface area contributed by atoms with Crippen LogP contribution >= 0.6 is 0 Å². The second-order valence-corrected chi connectivity index (χ2v) is 6.83. The lowest BCUT2D eigenvalue weighted by Gasteiger charge is -2.48. The van der Waals surface area contributed by atoms with Crippen LogP contribution in [0.15, 0.2) is 24.3 Å². The normalized spacial score (nSPS) is 37.5. The van der Waals surface area contributed by atoms with Crippen LogP contribution in [-0.4, -0.2) is 23.5 Å². The van der Waals surface area contributed by atoms with E-state index in [1.807, 2.05) is 0 Å². The van der Waals surface area contributed by atoms with Gasteiger partial charge in [-0.25, -0.2) is 0 Å². The molecule has 1 aromatic rings. The van der Waals surface area contributed by atoms with Crippen LogP contribution in [0.2, 0.25) is 0 Å². The molecule has 19 heavy (non-hydrogen) atoms. The highest BCUT2D eigenvalue weighted by atomic mass is 15.2. The fourth-order valence-electron chi connectivity index (χ4n) is 5.06. The van der Waals surface area contributed by atoms with Gasteiger partial charge in [0.05, 0.1) is 0 Å². The van der Waals surface area contributed by atoms with Crippen molar-refractivity contribution in [2.75, 3.05) is 13.1 Å². The minimum Gasteiger partial charge on any atom is -0.329 e. The Morgan fingerprint density at radius 1 is 1.21 bits per heavy atom. The summed E-state index contributed by atoms with van der Waals surface area (Å²) in [5.41, 5.74) is 9.68. The molecule has 3 atom stereocenters. The van der Waals surface area contributed by atoms with Gasteiger partial charge in [0, 0.05) is 25.2 Å². The van der Waals surface area contributed by atoms with Gasteiger partial charge in [0.1, 0.15) is 0 Å². The van der Waals surface area contributed by atoms with Crippen LogP contribution in [0, 0.1) is 11.8 Å². The third-order valence-corrected chi connectivity index (χ3v) is 6.06. The van der Waals surface area contributed by atoms with Crippen molar-refractivity contribution in [1.82, 2.24) is 4.90 Å². The molecule has 0 amide bonds. The molecule has 0 saturated heterocycles. The predicted molar refractivity (Wildman–Crippen MR) is 77.8 cm³/mol. The van der Waals surface area contributed by atoms with Gasteiger partial charge in [0.15, 0.2) is 0 Å². The van der Waals surface area contributed by atoms with E-state index in [2.05, 4.69) is 29.2 Å². The van der Waals surface area contributed by atoms with Crippen molar-refractivity contribution in [1.29, 1.82) is 0 Å². The molecule has 0 aromatic heterocycles. The molecule has 0 radical (unpaired) electrons. The Morgan fingerprint density at radius 2 is 2.05 bits per heavy atom. The highest BCUT2D eigenvalue weighted by Gasteiger charge is 2.53. The van der Waals surface area contributed by atoms with Gasteiger partial charge in [0.25, 0.3) is 0 Å². The van der Waals surface area contributed by atoms with Crippen molar-refractivity contribution < 1.29 is 0 Å². The topological polar surface area (TPSA) is 29.3 Å². The van der Waals surface area contributed by atoms with Crippen LogP contribution in [0.3, 0.4) is 0 Å². The number of hydrogen-bond acceptors (Lipinski definition) is 2. The number of rotatable bonds is 2. The SMILES string of the molecule is NCC1(N2CCc3ccccc3C2)CC2CCC1C2. The number of benzene rings is 1. The zero-order chi connectivity index (χ0) is 12.9. The second-order valence-electron chi connectivity index (χ2n) is 6.83. The van der Waals surface area contributed by atoms with Crippen LogP contribution in [0.1, 0.15) is 36.8 Å². The van der Waals surface area contributed by atoms with E-state index in [1.165, 1.54) is 44.2 Å². The second kappa shape index (κ2) is 4.32. The molecule has 1 aromatic carbocycles. The van der Waals surface area contributed by atoms with Crippen LogP contribution in [0.4, 0.5) is 0 Å². The zero-order valence-electron chi connectivity index (χ0n) is 11.6. The molecule has 2 heteroatoms. The van der Waals surface area contributed by atoms with Gasteiger partial charge in [-0.3, -0.25) is 4.90 Å². The minimum absolute atomic E-state index is 0.330. The summed E-state index contributed by atoms with van der Waals surface area (Å²) in [5, 5.41) is 0. The first-order chi connectivity index (χ1) is 9.32. The van der Waals surface area contributed by atoms with Crippen molar-refractivity contribution >= 4 is 0 Å². The molecule has 102 valence electrons. The van der Waals surface area contributed by atoms with E-state index >= 15 is 0 Å². The van der Waals surface area contributed by atoms with Crippen LogP contribution in [0.5, 0.6) is 0 Å². The zero-order valence-corrected chi connectivity index (χ0v) is 11.6. The minimum atomic E-state index is 0.330. The molecule has 3 aliphatic rings. The quantitative estimate of drug-likeness (QED) is 0.881. The van der Waals surface area contributed by atoms with E-state index < -0.39 is 0 Å². The molecule has 2 bridgehead atoms. The number of hydrogen-bond donors (Lipinski definition) is 1. The summed E-state index contributed by atoms with van der Waals surface area (Å²) < 4.78 is 0. The lowest BCUT2D eigenvalue weighted by atomic mass is 9.78. The van der Waals surface area contributed by atoms with Crippen molar-refractivity contribution in [3.8, 4) is 0 Å². The first kappa shape index (κ1) is 11.9. The molecule has 1 aliphatic heterocycles. The molecule has 0 spiro atoms. The maximum atomic E-state index is 6.26. The maximum absolute atomic E-state index is 6.26. The summed E-state index contributed by atoms with van der Waals surface area (Å²) in [6.45, 7) is 3.18. The molecule has 2 aliphatic carbocycles. The molecule has 2 nitrogen and oxygen atoms in total. The van der Waals surface area contributed by atoms with E-state index in [4.69, 9.17) is 5.73 Å². The Bertz CT molecular complexity index is 484. The van der Waals surface area contributed by atoms with E-state index in [0.29, 0.717) is 5.54 Å². The van der Waals surface area contributed by atoms with E-state index in [9.17, 15) is 0 Å². The number of nitrogens with zero attached hydrogens (tertiary/aromatic N) is 1. The molecule has 2 N–H and O–H groups in total. The van der Waals surface area contributed by atoms with Crippen LogP contribution < -0.4 is 5.73 Å². The fourth-order valence-corrected chi connectivity index (χ4v) is 5.06. The first-order valence-corrected chi connectivity index (χ1v) is 7.84. The molecule has 3 unspecified atom stereocenters. The Hall–Kier alpha value is -0.860. The van der Waals surface area contributed by atoms with Crippen molar-refractivity contribution in [2.45, 2.75) is 44.2 Å². The van der Waals surface area contributed by atoms with Crippen LogP contribution in [-0.2, 0) is 13.0 Å². The Labute approximate surface area is 116 Å². The van der Waals surface area contributed by atoms with Gasteiger partial charge in [0.2, 0.25) is 0 Å². The van der Waals surface area contributed by atoms with Gasteiger partial charge < -0.3 is 5.73 Å². The van der Waals surface area contributed by atoms with Gasteiger partial charge in [-0.05, 0) is 48.6 Å². The Kier molecular flexibility index (Phi) is 2.71. The average Bonchev–Trinajstić information content (AvgIpc) is 3.08. The first-order valence-electron chi connectivity index (χ1n) is 7.84. The Morgan fingerprint density at radius 3 is 2.74 bits per heavy atom.